The minimum Gasteiger partial charge on any atom is -0.375 e. The van der Waals surface area contributed by atoms with Crippen molar-refractivity contribution in [3.63, 3.8) is 0 Å². The lowest BCUT2D eigenvalue weighted by molar-refractivity contribution is 0.620. The highest BCUT2D eigenvalue weighted by molar-refractivity contribution is 7.71. The maximum absolute atomic E-state index is 13.9. The van der Waals surface area contributed by atoms with Crippen LogP contribution >= 0.6 is 35.4 Å². The molecule has 0 radical (unpaired) electrons. The van der Waals surface area contributed by atoms with Crippen molar-refractivity contribution in [2.24, 2.45) is 0 Å². The lowest BCUT2D eigenvalue weighted by Crippen LogP contribution is -2.30. The van der Waals surface area contributed by atoms with E-state index >= 15 is 0 Å². The first-order valence-corrected chi connectivity index (χ1v) is 9.45. The van der Waals surface area contributed by atoms with E-state index in [9.17, 15) is 4.39 Å². The van der Waals surface area contributed by atoms with Crippen molar-refractivity contribution in [1.82, 2.24) is 3.96 Å². The number of nitrogens with zero attached hydrogens (tertiary/aromatic N) is 1. The third-order valence-corrected chi connectivity index (χ3v) is 6.69. The maximum Gasteiger partial charge on any atom is 0.143 e. The molecule has 2 nitrogen and oxygen atoms in total. The van der Waals surface area contributed by atoms with Crippen molar-refractivity contribution in [1.29, 1.82) is 0 Å². The Morgan fingerprint density at radius 3 is 2.68 bits per heavy atom. The molecular weight excluding hydrogens is 375 g/mol. The topological polar surface area (TPSA) is 17.0 Å². The minimum atomic E-state index is -0.443. The number of halogens is 2. The van der Waals surface area contributed by atoms with Gasteiger partial charge in [-0.15, -0.1) is 0 Å². The Kier molecular flexibility index (Phi) is 3.79. The molecule has 0 bridgehead atoms. The molecule has 0 atom stereocenters. The Hall–Kier alpha value is -1.69. The lowest BCUT2D eigenvalue weighted by atomic mass is 9.89. The van der Waals surface area contributed by atoms with E-state index in [1.165, 1.54) is 11.6 Å². The molecule has 0 saturated carbocycles. The number of aryl methyl sites for hydroxylation is 1. The van der Waals surface area contributed by atoms with Crippen molar-refractivity contribution in [2.75, 3.05) is 5.32 Å². The maximum atomic E-state index is 13.9. The Morgan fingerprint density at radius 1 is 1.20 bits per heavy atom. The first-order chi connectivity index (χ1) is 11.8. The molecule has 0 fully saturated rings. The molecule has 128 valence electrons. The molecule has 1 aliphatic heterocycles. The van der Waals surface area contributed by atoms with E-state index in [-0.39, 0.29) is 10.6 Å². The highest BCUT2D eigenvalue weighted by Crippen LogP contribution is 2.47. The fourth-order valence-corrected chi connectivity index (χ4v) is 4.95. The standard InChI is InChI=1S/C19H16ClFN2S2/c1-10-4-7-15-12(8-10)16-17(19(2,3)22-15)25-23(18(16)24)11-5-6-13(20)14(21)9-11/h4-9,22H,1-3H3. The van der Waals surface area contributed by atoms with Gasteiger partial charge in [0.2, 0.25) is 0 Å². The van der Waals surface area contributed by atoms with Crippen LogP contribution in [0, 0.1) is 17.4 Å². The number of benzene rings is 2. The molecule has 1 N–H and O–H groups in total. The van der Waals surface area contributed by atoms with Crippen molar-refractivity contribution in [2.45, 2.75) is 26.3 Å². The third kappa shape index (κ3) is 2.62. The average Bonchev–Trinajstić information content (AvgIpc) is 2.90. The summed E-state index contributed by atoms with van der Waals surface area (Å²) in [6.45, 7) is 6.33. The molecule has 4 rings (SSSR count). The van der Waals surface area contributed by atoms with E-state index in [1.807, 2.05) is 3.96 Å². The summed E-state index contributed by atoms with van der Waals surface area (Å²) in [4.78, 5) is 1.14. The van der Waals surface area contributed by atoms with Crippen LogP contribution in [-0.2, 0) is 5.54 Å². The van der Waals surface area contributed by atoms with Crippen molar-refractivity contribution in [3.8, 4) is 16.8 Å². The van der Waals surface area contributed by atoms with E-state index in [1.54, 1.807) is 23.7 Å². The van der Waals surface area contributed by atoms with Crippen LogP contribution in [0.2, 0.25) is 5.02 Å². The molecule has 1 aliphatic rings. The Labute approximate surface area is 160 Å². The molecule has 1 aromatic heterocycles. The van der Waals surface area contributed by atoms with E-state index in [2.05, 4.69) is 44.3 Å². The summed E-state index contributed by atoms with van der Waals surface area (Å²) in [6.07, 6.45) is 0. The van der Waals surface area contributed by atoms with Crippen LogP contribution in [0.5, 0.6) is 0 Å². The second-order valence-electron chi connectivity index (χ2n) is 6.79. The summed E-state index contributed by atoms with van der Waals surface area (Å²) in [5, 5.41) is 3.70. The van der Waals surface area contributed by atoms with Gasteiger partial charge in [0.1, 0.15) is 10.5 Å². The number of aromatic nitrogens is 1. The van der Waals surface area contributed by atoms with Gasteiger partial charge in [-0.25, -0.2) is 4.39 Å². The molecular formula is C19H16ClFN2S2. The van der Waals surface area contributed by atoms with Crippen LogP contribution < -0.4 is 5.32 Å². The number of nitrogens with one attached hydrogen (secondary N) is 1. The molecule has 6 heteroatoms. The first-order valence-electron chi connectivity index (χ1n) is 7.89. The zero-order chi connectivity index (χ0) is 17.9. The number of rotatable bonds is 1. The van der Waals surface area contributed by atoms with Gasteiger partial charge in [0.25, 0.3) is 0 Å². The number of hydrogen-bond donors (Lipinski definition) is 1. The Bertz CT molecular complexity index is 1070. The van der Waals surface area contributed by atoms with Crippen molar-refractivity contribution >= 4 is 41.0 Å². The van der Waals surface area contributed by atoms with Gasteiger partial charge in [-0.2, -0.15) is 0 Å². The van der Waals surface area contributed by atoms with Crippen LogP contribution in [0.1, 0.15) is 24.3 Å². The first kappa shape index (κ1) is 16.8. The molecule has 2 aromatic carbocycles. The van der Waals surface area contributed by atoms with Gasteiger partial charge in [-0.1, -0.05) is 47.0 Å². The third-order valence-electron chi connectivity index (χ3n) is 4.40. The van der Waals surface area contributed by atoms with Crippen LogP contribution in [0.3, 0.4) is 0 Å². The zero-order valence-corrected chi connectivity index (χ0v) is 16.4. The summed E-state index contributed by atoms with van der Waals surface area (Å²) in [6, 6.07) is 11.1. The molecule has 0 aliphatic carbocycles. The number of fused-ring (bicyclic) bond motifs is 3. The molecule has 0 unspecified atom stereocenters. The van der Waals surface area contributed by atoms with Crippen LogP contribution in [0.15, 0.2) is 36.4 Å². The Balaban J connectivity index is 2.01. The summed E-state index contributed by atoms with van der Waals surface area (Å²) in [5.41, 5.74) is 4.83. The van der Waals surface area contributed by atoms with E-state index in [0.29, 0.717) is 10.3 Å². The Morgan fingerprint density at radius 2 is 1.96 bits per heavy atom. The van der Waals surface area contributed by atoms with Crippen LogP contribution in [0.25, 0.3) is 16.8 Å². The van der Waals surface area contributed by atoms with Crippen LogP contribution in [0.4, 0.5) is 10.1 Å². The van der Waals surface area contributed by atoms with Crippen LogP contribution in [-0.4, -0.2) is 3.96 Å². The second kappa shape index (κ2) is 5.66. The van der Waals surface area contributed by atoms with Gasteiger partial charge >= 0.3 is 0 Å². The predicted octanol–water partition coefficient (Wildman–Crippen LogP) is 6.70. The average molecular weight is 391 g/mol. The SMILES string of the molecule is Cc1ccc2c(c1)-c1c(sn(-c3ccc(Cl)c(F)c3)c1=S)C(C)(C)N2. The summed E-state index contributed by atoms with van der Waals surface area (Å²) >= 11 is 13.2. The second-order valence-corrected chi connectivity index (χ2v) is 8.54. The highest BCUT2D eigenvalue weighted by Gasteiger charge is 2.34. The normalized spacial score (nSPS) is 14.6. The van der Waals surface area contributed by atoms with Gasteiger partial charge in [-0.05, 0) is 45.0 Å². The fraction of sp³-hybridized carbons (Fsp3) is 0.211. The summed E-state index contributed by atoms with van der Waals surface area (Å²) in [5.74, 6) is -0.443. The summed E-state index contributed by atoms with van der Waals surface area (Å²) < 4.78 is 16.5. The van der Waals surface area contributed by atoms with Gasteiger partial charge in [0.05, 0.1) is 21.1 Å². The lowest BCUT2D eigenvalue weighted by Gasteiger charge is -2.33. The smallest absolute Gasteiger partial charge is 0.143 e. The van der Waals surface area contributed by atoms with Gasteiger partial charge in [0.15, 0.2) is 0 Å². The fourth-order valence-electron chi connectivity index (χ4n) is 3.19. The molecule has 0 spiro atoms. The quantitative estimate of drug-likeness (QED) is 0.466. The van der Waals surface area contributed by atoms with E-state index < -0.39 is 5.82 Å². The van der Waals surface area contributed by atoms with Gasteiger partial charge in [0, 0.05) is 22.9 Å². The largest absolute Gasteiger partial charge is 0.375 e. The number of anilines is 1. The van der Waals surface area contributed by atoms with Crippen molar-refractivity contribution < 1.29 is 4.39 Å². The van der Waals surface area contributed by atoms with E-state index in [4.69, 9.17) is 23.8 Å². The van der Waals surface area contributed by atoms with Crippen molar-refractivity contribution in [3.05, 3.63) is 62.3 Å². The predicted molar refractivity (Wildman–Crippen MR) is 106 cm³/mol. The zero-order valence-electron chi connectivity index (χ0n) is 14.0. The molecule has 0 amide bonds. The van der Waals surface area contributed by atoms with Gasteiger partial charge in [-0.3, -0.25) is 3.96 Å². The van der Waals surface area contributed by atoms with Gasteiger partial charge < -0.3 is 5.32 Å². The summed E-state index contributed by atoms with van der Waals surface area (Å²) in [7, 11) is 0. The molecule has 3 aromatic rings. The monoisotopic (exact) mass is 390 g/mol. The molecule has 25 heavy (non-hydrogen) atoms. The highest BCUT2D eigenvalue weighted by atomic mass is 35.5. The number of hydrogen-bond acceptors (Lipinski definition) is 3. The minimum absolute atomic E-state index is 0.111. The molecule has 0 saturated heterocycles. The molecule has 2 heterocycles. The van der Waals surface area contributed by atoms with E-state index in [0.717, 1.165) is 21.7 Å².